The first-order chi connectivity index (χ1) is 9.83. The molecule has 1 aliphatic carbocycles. The number of hydrogen-bond donors (Lipinski definition) is 0. The van der Waals surface area contributed by atoms with Gasteiger partial charge in [-0.3, -0.25) is 0 Å². The summed E-state index contributed by atoms with van der Waals surface area (Å²) in [6.45, 7) is 6.32. The van der Waals surface area contributed by atoms with Gasteiger partial charge in [0.15, 0.2) is 0 Å². The van der Waals surface area contributed by atoms with E-state index in [4.69, 9.17) is 4.42 Å². The van der Waals surface area contributed by atoms with Crippen LogP contribution in [0.4, 0.5) is 0 Å². The molecule has 3 nitrogen and oxygen atoms in total. The molecule has 0 atom stereocenters. The average Bonchev–Trinajstić information content (AvgIpc) is 3.01. The van der Waals surface area contributed by atoms with Gasteiger partial charge in [-0.1, -0.05) is 39.0 Å². The fourth-order valence-corrected chi connectivity index (χ4v) is 2.60. The molecular weight excluding hydrogens is 248 g/mol. The minimum Gasteiger partial charge on any atom is -0.420 e. The third-order valence-electron chi connectivity index (χ3n) is 3.83. The molecule has 1 heterocycles. The predicted molar refractivity (Wildman–Crippen MR) is 81.5 cm³/mol. The van der Waals surface area contributed by atoms with Crippen molar-refractivity contribution in [2.24, 2.45) is 5.92 Å². The molecule has 3 rings (SSSR count). The molecule has 0 bridgehead atoms. The number of hydrogen-bond acceptors (Lipinski definition) is 3. The Kier molecular flexibility index (Phi) is 5.33. The van der Waals surface area contributed by atoms with E-state index in [0.717, 1.165) is 17.4 Å². The SMILES string of the molecule is CC.CC1CCC(c2nnc(-c3ccccc3)o2)CC1. The van der Waals surface area contributed by atoms with E-state index < -0.39 is 0 Å². The first-order valence-corrected chi connectivity index (χ1v) is 7.72. The van der Waals surface area contributed by atoms with Gasteiger partial charge in [0.1, 0.15) is 0 Å². The first kappa shape index (κ1) is 14.8. The summed E-state index contributed by atoms with van der Waals surface area (Å²) in [6, 6.07) is 9.97. The summed E-state index contributed by atoms with van der Waals surface area (Å²) in [5, 5.41) is 8.39. The molecule has 1 saturated carbocycles. The van der Waals surface area contributed by atoms with Gasteiger partial charge in [-0.25, -0.2) is 0 Å². The van der Waals surface area contributed by atoms with E-state index in [2.05, 4.69) is 17.1 Å². The zero-order valence-corrected chi connectivity index (χ0v) is 12.7. The van der Waals surface area contributed by atoms with Crippen molar-refractivity contribution in [1.29, 1.82) is 0 Å². The Balaban J connectivity index is 0.000000704. The number of benzene rings is 1. The largest absolute Gasteiger partial charge is 0.420 e. The van der Waals surface area contributed by atoms with Crippen LogP contribution in [0.3, 0.4) is 0 Å². The molecule has 20 heavy (non-hydrogen) atoms. The maximum absolute atomic E-state index is 5.82. The molecule has 0 amide bonds. The van der Waals surface area contributed by atoms with Crippen LogP contribution in [-0.4, -0.2) is 10.2 Å². The van der Waals surface area contributed by atoms with Gasteiger partial charge in [-0.05, 0) is 43.7 Å². The quantitative estimate of drug-likeness (QED) is 0.767. The maximum Gasteiger partial charge on any atom is 0.247 e. The molecule has 0 radical (unpaired) electrons. The summed E-state index contributed by atoms with van der Waals surface area (Å²) < 4.78 is 5.82. The van der Waals surface area contributed by atoms with Gasteiger partial charge in [0.25, 0.3) is 0 Å². The van der Waals surface area contributed by atoms with Crippen molar-refractivity contribution in [2.75, 3.05) is 0 Å². The Morgan fingerprint density at radius 3 is 2.25 bits per heavy atom. The van der Waals surface area contributed by atoms with Crippen molar-refractivity contribution < 1.29 is 4.42 Å². The van der Waals surface area contributed by atoms with Crippen LogP contribution in [0.15, 0.2) is 34.7 Å². The van der Waals surface area contributed by atoms with E-state index in [1.165, 1.54) is 25.7 Å². The monoisotopic (exact) mass is 272 g/mol. The van der Waals surface area contributed by atoms with Crippen LogP contribution in [0.25, 0.3) is 11.5 Å². The molecule has 3 heteroatoms. The lowest BCUT2D eigenvalue weighted by molar-refractivity contribution is 0.309. The summed E-state index contributed by atoms with van der Waals surface area (Å²) in [4.78, 5) is 0. The van der Waals surface area contributed by atoms with Crippen LogP contribution in [0.1, 0.15) is 58.3 Å². The van der Waals surface area contributed by atoms with Crippen molar-refractivity contribution in [3.05, 3.63) is 36.2 Å². The van der Waals surface area contributed by atoms with Crippen LogP contribution >= 0.6 is 0 Å². The molecule has 108 valence electrons. The van der Waals surface area contributed by atoms with E-state index in [1.807, 2.05) is 44.2 Å². The zero-order chi connectivity index (χ0) is 14.4. The van der Waals surface area contributed by atoms with Gasteiger partial charge in [-0.15, -0.1) is 10.2 Å². The van der Waals surface area contributed by atoms with Crippen molar-refractivity contribution in [3.8, 4) is 11.5 Å². The smallest absolute Gasteiger partial charge is 0.247 e. The Morgan fingerprint density at radius 1 is 0.950 bits per heavy atom. The Hall–Kier alpha value is -1.64. The average molecular weight is 272 g/mol. The second kappa shape index (κ2) is 7.22. The van der Waals surface area contributed by atoms with Crippen LogP contribution < -0.4 is 0 Å². The van der Waals surface area contributed by atoms with Gasteiger partial charge < -0.3 is 4.42 Å². The molecule has 1 aliphatic rings. The molecule has 2 aromatic rings. The van der Waals surface area contributed by atoms with Crippen LogP contribution in [0.5, 0.6) is 0 Å². The van der Waals surface area contributed by atoms with Gasteiger partial charge >= 0.3 is 0 Å². The molecule has 0 spiro atoms. The van der Waals surface area contributed by atoms with Crippen molar-refractivity contribution in [2.45, 2.75) is 52.4 Å². The van der Waals surface area contributed by atoms with Gasteiger partial charge in [-0.2, -0.15) is 0 Å². The van der Waals surface area contributed by atoms with Gasteiger partial charge in [0, 0.05) is 11.5 Å². The summed E-state index contributed by atoms with van der Waals surface area (Å²) in [5.74, 6) is 2.77. The molecule has 0 saturated heterocycles. The minimum atomic E-state index is 0.464. The highest BCUT2D eigenvalue weighted by atomic mass is 16.4. The van der Waals surface area contributed by atoms with E-state index in [0.29, 0.717) is 11.8 Å². The van der Waals surface area contributed by atoms with Gasteiger partial charge in [0.05, 0.1) is 0 Å². The third kappa shape index (κ3) is 3.47. The highest BCUT2D eigenvalue weighted by molar-refractivity contribution is 5.51. The maximum atomic E-state index is 5.82. The Labute approximate surface area is 121 Å². The lowest BCUT2D eigenvalue weighted by Crippen LogP contribution is -2.10. The second-order valence-corrected chi connectivity index (χ2v) is 5.27. The van der Waals surface area contributed by atoms with Crippen molar-refractivity contribution in [3.63, 3.8) is 0 Å². The summed E-state index contributed by atoms with van der Waals surface area (Å²) in [7, 11) is 0. The first-order valence-electron chi connectivity index (χ1n) is 7.72. The summed E-state index contributed by atoms with van der Waals surface area (Å²) in [5.41, 5.74) is 1.00. The zero-order valence-electron chi connectivity index (χ0n) is 12.7. The predicted octanol–water partition coefficient (Wildman–Crippen LogP) is 5.06. The minimum absolute atomic E-state index is 0.464. The van der Waals surface area contributed by atoms with Crippen molar-refractivity contribution >= 4 is 0 Å². The molecule has 1 fully saturated rings. The normalized spacial score (nSPS) is 21.9. The fraction of sp³-hybridized carbons (Fsp3) is 0.529. The summed E-state index contributed by atoms with van der Waals surface area (Å²) >= 11 is 0. The van der Waals surface area contributed by atoms with Crippen LogP contribution in [0, 0.1) is 5.92 Å². The topological polar surface area (TPSA) is 38.9 Å². The standard InChI is InChI=1S/C15H18N2O.C2H6/c1-11-7-9-13(10-8-11)15-17-16-14(18-15)12-5-3-2-4-6-12;1-2/h2-6,11,13H,7-10H2,1H3;1-2H3. The number of aromatic nitrogens is 2. The molecular formula is C17H24N2O. The number of nitrogens with zero attached hydrogens (tertiary/aromatic N) is 2. The van der Waals surface area contributed by atoms with Gasteiger partial charge in [0.2, 0.25) is 11.8 Å². The second-order valence-electron chi connectivity index (χ2n) is 5.27. The van der Waals surface area contributed by atoms with E-state index in [-0.39, 0.29) is 0 Å². The Morgan fingerprint density at radius 2 is 1.60 bits per heavy atom. The van der Waals surface area contributed by atoms with Crippen molar-refractivity contribution in [1.82, 2.24) is 10.2 Å². The molecule has 0 aliphatic heterocycles. The van der Waals surface area contributed by atoms with E-state index >= 15 is 0 Å². The number of rotatable bonds is 2. The molecule has 0 unspecified atom stereocenters. The highest BCUT2D eigenvalue weighted by Gasteiger charge is 2.24. The van der Waals surface area contributed by atoms with Crippen LogP contribution in [0.2, 0.25) is 0 Å². The fourth-order valence-electron chi connectivity index (χ4n) is 2.60. The summed E-state index contributed by atoms with van der Waals surface area (Å²) in [6.07, 6.45) is 4.90. The molecule has 1 aromatic heterocycles. The molecule has 0 N–H and O–H groups in total. The van der Waals surface area contributed by atoms with Crippen LogP contribution in [-0.2, 0) is 0 Å². The highest BCUT2D eigenvalue weighted by Crippen LogP contribution is 2.35. The van der Waals surface area contributed by atoms with E-state index in [9.17, 15) is 0 Å². The Bertz CT molecular complexity index is 499. The lowest BCUT2D eigenvalue weighted by atomic mass is 9.83. The van der Waals surface area contributed by atoms with E-state index in [1.54, 1.807) is 0 Å². The third-order valence-corrected chi connectivity index (χ3v) is 3.83. The molecule has 1 aromatic carbocycles. The lowest BCUT2D eigenvalue weighted by Gasteiger charge is -2.23.